The smallest absolute Gasteiger partial charge is 0.307 e. The van der Waals surface area contributed by atoms with Gasteiger partial charge < -0.3 is 4.74 Å². The number of esters is 1. The second-order valence-electron chi connectivity index (χ2n) is 6.67. The zero-order chi connectivity index (χ0) is 16.5. The predicted octanol–water partition coefficient (Wildman–Crippen LogP) is 4.55. The number of hydrogen-bond donors (Lipinski definition) is 0. The maximum atomic E-state index is 11.8. The zero-order valence-electron chi connectivity index (χ0n) is 14.7. The molecule has 0 aromatic heterocycles. The maximum absolute atomic E-state index is 11.8. The monoisotopic (exact) mass is 317 g/mol. The van der Waals surface area contributed by atoms with Crippen molar-refractivity contribution in [2.45, 2.75) is 76.9 Å². The number of nitrogens with zero attached hydrogens (tertiary/aromatic N) is 1. The molecule has 3 nitrogen and oxygen atoms in total. The summed E-state index contributed by atoms with van der Waals surface area (Å²) in [6.07, 6.45) is 9.21. The van der Waals surface area contributed by atoms with E-state index in [2.05, 4.69) is 42.2 Å². The molecule has 2 rings (SSSR count). The molecule has 1 aliphatic heterocycles. The number of piperidine rings is 1. The van der Waals surface area contributed by atoms with Gasteiger partial charge in [-0.15, -0.1) is 0 Å². The Hall–Kier alpha value is -1.35. The van der Waals surface area contributed by atoms with Crippen LogP contribution in [0.1, 0.15) is 63.9 Å². The van der Waals surface area contributed by atoms with Crippen molar-refractivity contribution in [3.8, 4) is 0 Å². The molecule has 1 heterocycles. The molecule has 0 spiro atoms. The fourth-order valence-corrected chi connectivity index (χ4v) is 3.71. The Labute approximate surface area is 141 Å². The van der Waals surface area contributed by atoms with E-state index >= 15 is 0 Å². The Morgan fingerprint density at radius 1 is 1.17 bits per heavy atom. The third-order valence-electron chi connectivity index (χ3n) is 4.99. The largest absolute Gasteiger partial charge is 0.469 e. The lowest BCUT2D eigenvalue weighted by atomic mass is 9.90. The van der Waals surface area contributed by atoms with Gasteiger partial charge in [-0.1, -0.05) is 62.9 Å². The van der Waals surface area contributed by atoms with Crippen LogP contribution in [0.25, 0.3) is 0 Å². The summed E-state index contributed by atoms with van der Waals surface area (Å²) < 4.78 is 4.92. The normalized spacial score (nSPS) is 22.0. The summed E-state index contributed by atoms with van der Waals surface area (Å²) in [6.45, 7) is 3.20. The summed E-state index contributed by atoms with van der Waals surface area (Å²) in [4.78, 5) is 14.4. The molecule has 2 atom stereocenters. The van der Waals surface area contributed by atoms with Crippen LogP contribution in [0.4, 0.5) is 0 Å². The van der Waals surface area contributed by atoms with Gasteiger partial charge in [-0.05, 0) is 24.8 Å². The first-order valence-corrected chi connectivity index (χ1v) is 9.11. The number of benzene rings is 1. The fourth-order valence-electron chi connectivity index (χ4n) is 3.71. The molecule has 0 aliphatic carbocycles. The minimum atomic E-state index is -0.0812. The lowest BCUT2D eigenvalue weighted by molar-refractivity contribution is -0.142. The SMILES string of the molecule is CCCCC[C@H]1CCCC(CC(=O)OC)N1Cc1ccccc1. The van der Waals surface area contributed by atoms with E-state index in [0.717, 1.165) is 13.0 Å². The highest BCUT2D eigenvalue weighted by molar-refractivity contribution is 5.69. The molecule has 1 unspecified atom stereocenters. The molecule has 1 aliphatic rings. The van der Waals surface area contributed by atoms with Crippen molar-refractivity contribution in [2.75, 3.05) is 7.11 Å². The molecule has 0 radical (unpaired) electrons. The van der Waals surface area contributed by atoms with Gasteiger partial charge >= 0.3 is 5.97 Å². The first kappa shape index (κ1) is 18.0. The standard InChI is InChI=1S/C20H31NO2/c1-3-4-6-12-18-13-9-14-19(15-20(22)23-2)21(18)16-17-10-7-5-8-11-17/h5,7-8,10-11,18-19H,3-4,6,9,12-16H2,1-2H3/t18-,19?/m0/s1. The number of unbranched alkanes of at least 4 members (excludes halogenated alkanes) is 2. The van der Waals surface area contributed by atoms with Gasteiger partial charge in [0.15, 0.2) is 0 Å². The molecule has 0 amide bonds. The Balaban J connectivity index is 2.07. The Kier molecular flexibility index (Phi) is 7.60. The molecule has 1 aromatic rings. The van der Waals surface area contributed by atoms with Gasteiger partial charge in [-0.2, -0.15) is 0 Å². The van der Waals surface area contributed by atoms with Crippen LogP contribution in [-0.2, 0) is 16.1 Å². The lowest BCUT2D eigenvalue weighted by Crippen LogP contribution is -2.47. The van der Waals surface area contributed by atoms with Crippen LogP contribution in [0.2, 0.25) is 0 Å². The minimum absolute atomic E-state index is 0.0812. The highest BCUT2D eigenvalue weighted by Gasteiger charge is 2.31. The summed E-state index contributed by atoms with van der Waals surface area (Å²) in [6, 6.07) is 11.6. The predicted molar refractivity (Wildman–Crippen MR) is 94.2 cm³/mol. The van der Waals surface area contributed by atoms with Gasteiger partial charge in [-0.3, -0.25) is 9.69 Å². The van der Waals surface area contributed by atoms with Crippen LogP contribution in [0.3, 0.4) is 0 Å². The molecule has 1 fully saturated rings. The van der Waals surface area contributed by atoms with E-state index < -0.39 is 0 Å². The quantitative estimate of drug-likeness (QED) is 0.520. The molecule has 3 heteroatoms. The van der Waals surface area contributed by atoms with Crippen molar-refractivity contribution >= 4 is 5.97 Å². The van der Waals surface area contributed by atoms with Crippen molar-refractivity contribution in [1.29, 1.82) is 0 Å². The second-order valence-corrected chi connectivity index (χ2v) is 6.67. The van der Waals surface area contributed by atoms with E-state index in [1.807, 2.05) is 0 Å². The number of carbonyl (C=O) groups excluding carboxylic acids is 1. The number of hydrogen-bond acceptors (Lipinski definition) is 3. The summed E-state index contributed by atoms with van der Waals surface area (Å²) in [7, 11) is 1.49. The van der Waals surface area contributed by atoms with E-state index in [4.69, 9.17) is 4.74 Å². The summed E-state index contributed by atoms with van der Waals surface area (Å²) in [5.74, 6) is -0.0812. The number of carbonyl (C=O) groups is 1. The van der Waals surface area contributed by atoms with Crippen molar-refractivity contribution in [2.24, 2.45) is 0 Å². The highest BCUT2D eigenvalue weighted by Crippen LogP contribution is 2.30. The molecule has 0 bridgehead atoms. The molecule has 128 valence electrons. The van der Waals surface area contributed by atoms with Crippen LogP contribution in [0.5, 0.6) is 0 Å². The molecule has 0 saturated carbocycles. The topological polar surface area (TPSA) is 29.5 Å². The fraction of sp³-hybridized carbons (Fsp3) is 0.650. The molecule has 23 heavy (non-hydrogen) atoms. The molecule has 0 N–H and O–H groups in total. The molecular formula is C20H31NO2. The van der Waals surface area contributed by atoms with Crippen molar-refractivity contribution in [1.82, 2.24) is 4.90 Å². The van der Waals surface area contributed by atoms with Crippen molar-refractivity contribution in [3.05, 3.63) is 35.9 Å². The van der Waals surface area contributed by atoms with E-state index in [0.29, 0.717) is 18.5 Å². The maximum Gasteiger partial charge on any atom is 0.307 e. The Morgan fingerprint density at radius 3 is 2.61 bits per heavy atom. The van der Waals surface area contributed by atoms with Gasteiger partial charge in [-0.25, -0.2) is 0 Å². The van der Waals surface area contributed by atoms with E-state index in [9.17, 15) is 4.79 Å². The van der Waals surface area contributed by atoms with Crippen molar-refractivity contribution in [3.63, 3.8) is 0 Å². The van der Waals surface area contributed by atoms with E-state index in [1.54, 1.807) is 0 Å². The number of methoxy groups -OCH3 is 1. The number of ether oxygens (including phenoxy) is 1. The van der Waals surface area contributed by atoms with Gasteiger partial charge in [0, 0.05) is 18.6 Å². The minimum Gasteiger partial charge on any atom is -0.469 e. The van der Waals surface area contributed by atoms with Gasteiger partial charge in [0.2, 0.25) is 0 Å². The number of likely N-dealkylation sites (tertiary alicyclic amines) is 1. The summed E-state index contributed by atoms with van der Waals surface area (Å²) in [5, 5.41) is 0. The van der Waals surface area contributed by atoms with Crippen molar-refractivity contribution < 1.29 is 9.53 Å². The van der Waals surface area contributed by atoms with Gasteiger partial charge in [0.1, 0.15) is 0 Å². The second kappa shape index (κ2) is 9.71. The third kappa shape index (κ3) is 5.65. The van der Waals surface area contributed by atoms with Crippen LogP contribution in [0, 0.1) is 0 Å². The number of rotatable bonds is 8. The average molecular weight is 317 g/mol. The van der Waals surface area contributed by atoms with Crippen LogP contribution in [-0.4, -0.2) is 30.1 Å². The molecular weight excluding hydrogens is 286 g/mol. The third-order valence-corrected chi connectivity index (χ3v) is 4.99. The summed E-state index contributed by atoms with van der Waals surface area (Å²) in [5.41, 5.74) is 1.34. The van der Waals surface area contributed by atoms with E-state index in [-0.39, 0.29) is 5.97 Å². The Morgan fingerprint density at radius 2 is 1.91 bits per heavy atom. The lowest BCUT2D eigenvalue weighted by Gasteiger charge is -2.42. The first-order valence-electron chi connectivity index (χ1n) is 9.11. The zero-order valence-corrected chi connectivity index (χ0v) is 14.7. The highest BCUT2D eigenvalue weighted by atomic mass is 16.5. The molecule has 1 saturated heterocycles. The van der Waals surface area contributed by atoms with Gasteiger partial charge in [0.05, 0.1) is 13.5 Å². The first-order chi connectivity index (χ1) is 11.2. The Bertz CT molecular complexity index is 460. The average Bonchev–Trinajstić information content (AvgIpc) is 2.58. The van der Waals surface area contributed by atoms with Gasteiger partial charge in [0.25, 0.3) is 0 Å². The van der Waals surface area contributed by atoms with E-state index in [1.165, 1.54) is 51.2 Å². The summed E-state index contributed by atoms with van der Waals surface area (Å²) >= 11 is 0. The molecule has 1 aromatic carbocycles. The van der Waals surface area contributed by atoms with Crippen LogP contribution in [0.15, 0.2) is 30.3 Å². The van der Waals surface area contributed by atoms with Crippen LogP contribution >= 0.6 is 0 Å². The van der Waals surface area contributed by atoms with Crippen LogP contribution < -0.4 is 0 Å².